The number of likely N-dealkylation sites (N-methyl/N-ethyl adjacent to an activating group) is 2. The molecule has 2 rings (SSSR count). The van der Waals surface area contributed by atoms with Gasteiger partial charge in [0.05, 0.1) is 0 Å². The van der Waals surface area contributed by atoms with Crippen molar-refractivity contribution in [3.63, 3.8) is 0 Å². The number of rotatable bonds is 1. The van der Waals surface area contributed by atoms with Crippen LogP contribution >= 0.6 is 0 Å². The summed E-state index contributed by atoms with van der Waals surface area (Å²) in [6.45, 7) is 3.42. The molecule has 0 radical (unpaired) electrons. The van der Waals surface area contributed by atoms with E-state index in [1.807, 2.05) is 12.4 Å². The van der Waals surface area contributed by atoms with E-state index in [4.69, 9.17) is 0 Å². The Kier molecular flexibility index (Phi) is 2.79. The fourth-order valence-electron chi connectivity index (χ4n) is 1.96. The summed E-state index contributed by atoms with van der Waals surface area (Å²) in [4.78, 5) is 8.84. The number of hydrogen-bond donors (Lipinski definition) is 0. The van der Waals surface area contributed by atoms with Crippen LogP contribution in [0.15, 0.2) is 24.5 Å². The van der Waals surface area contributed by atoms with Crippen molar-refractivity contribution in [2.24, 2.45) is 0 Å². The Morgan fingerprint density at radius 1 is 1.21 bits per heavy atom. The van der Waals surface area contributed by atoms with Gasteiger partial charge in [0.2, 0.25) is 0 Å². The van der Waals surface area contributed by atoms with Gasteiger partial charge in [-0.15, -0.1) is 0 Å². The summed E-state index contributed by atoms with van der Waals surface area (Å²) < 4.78 is 0. The molecule has 0 spiro atoms. The van der Waals surface area contributed by atoms with Crippen molar-refractivity contribution >= 4 is 0 Å². The first-order chi connectivity index (χ1) is 6.77. The monoisotopic (exact) mass is 191 g/mol. The summed E-state index contributed by atoms with van der Waals surface area (Å²) in [6.07, 6.45) is 3.75. The Labute approximate surface area is 85.4 Å². The minimum absolute atomic E-state index is 0.525. The van der Waals surface area contributed by atoms with Crippen molar-refractivity contribution in [1.29, 1.82) is 0 Å². The molecule has 1 atom stereocenters. The summed E-state index contributed by atoms with van der Waals surface area (Å²) in [7, 11) is 4.37. The van der Waals surface area contributed by atoms with Crippen molar-refractivity contribution in [3.8, 4) is 0 Å². The molecule has 0 N–H and O–H groups in total. The molecule has 0 aliphatic carbocycles. The molecule has 3 heteroatoms. The van der Waals surface area contributed by atoms with E-state index >= 15 is 0 Å². The van der Waals surface area contributed by atoms with E-state index in [-0.39, 0.29) is 0 Å². The van der Waals surface area contributed by atoms with Gasteiger partial charge in [0.15, 0.2) is 0 Å². The van der Waals surface area contributed by atoms with Crippen LogP contribution < -0.4 is 0 Å². The molecule has 0 aromatic carbocycles. The standard InChI is InChI=1S/C11H17N3/c1-13-7-8-14(2)11(9-13)10-3-5-12-6-4-10/h3-6,11H,7-9H2,1-2H3. The van der Waals surface area contributed by atoms with Crippen molar-refractivity contribution < 1.29 is 0 Å². The van der Waals surface area contributed by atoms with E-state index in [2.05, 4.69) is 41.0 Å². The molecular weight excluding hydrogens is 174 g/mol. The molecule has 1 aromatic rings. The van der Waals surface area contributed by atoms with E-state index in [9.17, 15) is 0 Å². The topological polar surface area (TPSA) is 19.4 Å². The molecule has 1 aromatic heterocycles. The first-order valence-corrected chi connectivity index (χ1v) is 5.06. The summed E-state index contributed by atoms with van der Waals surface area (Å²) in [5.41, 5.74) is 1.37. The van der Waals surface area contributed by atoms with Crippen LogP contribution in [-0.2, 0) is 0 Å². The third kappa shape index (κ3) is 1.94. The molecule has 0 bridgehead atoms. The van der Waals surface area contributed by atoms with E-state index in [1.54, 1.807) is 0 Å². The predicted molar refractivity (Wildman–Crippen MR) is 57.1 cm³/mol. The Bertz CT molecular complexity index is 286. The number of nitrogens with zero attached hydrogens (tertiary/aromatic N) is 3. The predicted octanol–water partition coefficient (Wildman–Crippen LogP) is 1.000. The summed E-state index contributed by atoms with van der Waals surface area (Å²) >= 11 is 0. The van der Waals surface area contributed by atoms with Gasteiger partial charge in [-0.1, -0.05) is 0 Å². The van der Waals surface area contributed by atoms with Gasteiger partial charge in [0, 0.05) is 38.1 Å². The second-order valence-electron chi connectivity index (χ2n) is 4.04. The first-order valence-electron chi connectivity index (χ1n) is 5.06. The van der Waals surface area contributed by atoms with E-state index in [1.165, 1.54) is 5.56 Å². The van der Waals surface area contributed by atoms with Crippen molar-refractivity contribution in [2.75, 3.05) is 33.7 Å². The van der Waals surface area contributed by atoms with Crippen LogP contribution in [-0.4, -0.2) is 48.5 Å². The van der Waals surface area contributed by atoms with Gasteiger partial charge >= 0.3 is 0 Å². The Morgan fingerprint density at radius 2 is 1.93 bits per heavy atom. The van der Waals surface area contributed by atoms with Crippen LogP contribution in [0.3, 0.4) is 0 Å². The minimum atomic E-state index is 0.525. The lowest BCUT2D eigenvalue weighted by molar-refractivity contribution is 0.115. The Morgan fingerprint density at radius 3 is 2.64 bits per heavy atom. The van der Waals surface area contributed by atoms with Crippen LogP contribution in [0.2, 0.25) is 0 Å². The average molecular weight is 191 g/mol. The molecule has 0 saturated carbocycles. The highest BCUT2D eigenvalue weighted by atomic mass is 15.3. The maximum atomic E-state index is 4.05. The molecule has 1 aliphatic rings. The van der Waals surface area contributed by atoms with Gasteiger partial charge in [-0.2, -0.15) is 0 Å². The van der Waals surface area contributed by atoms with E-state index in [0.717, 1.165) is 19.6 Å². The molecule has 2 heterocycles. The van der Waals surface area contributed by atoms with Crippen molar-refractivity contribution in [2.45, 2.75) is 6.04 Å². The zero-order valence-corrected chi connectivity index (χ0v) is 8.85. The zero-order chi connectivity index (χ0) is 9.97. The van der Waals surface area contributed by atoms with Gasteiger partial charge in [-0.05, 0) is 31.8 Å². The van der Waals surface area contributed by atoms with Gasteiger partial charge in [-0.3, -0.25) is 9.88 Å². The number of pyridine rings is 1. The van der Waals surface area contributed by atoms with Crippen molar-refractivity contribution in [1.82, 2.24) is 14.8 Å². The Balaban J connectivity index is 2.16. The lowest BCUT2D eigenvalue weighted by Crippen LogP contribution is -2.44. The first kappa shape index (κ1) is 9.62. The summed E-state index contributed by atoms with van der Waals surface area (Å²) in [5, 5.41) is 0. The van der Waals surface area contributed by atoms with Gasteiger partial charge in [-0.25, -0.2) is 0 Å². The Hall–Kier alpha value is -0.930. The highest BCUT2D eigenvalue weighted by molar-refractivity contribution is 5.16. The fourth-order valence-corrected chi connectivity index (χ4v) is 1.96. The van der Waals surface area contributed by atoms with Gasteiger partial charge in [0.25, 0.3) is 0 Å². The van der Waals surface area contributed by atoms with Crippen LogP contribution in [0.5, 0.6) is 0 Å². The van der Waals surface area contributed by atoms with E-state index < -0.39 is 0 Å². The molecule has 14 heavy (non-hydrogen) atoms. The molecule has 1 saturated heterocycles. The van der Waals surface area contributed by atoms with Crippen LogP contribution in [0.1, 0.15) is 11.6 Å². The van der Waals surface area contributed by atoms with Crippen LogP contribution in [0.4, 0.5) is 0 Å². The maximum Gasteiger partial charge on any atom is 0.0473 e. The van der Waals surface area contributed by atoms with Crippen molar-refractivity contribution in [3.05, 3.63) is 30.1 Å². The molecule has 1 fully saturated rings. The molecule has 1 aliphatic heterocycles. The van der Waals surface area contributed by atoms with Crippen LogP contribution in [0.25, 0.3) is 0 Å². The normalized spacial score (nSPS) is 25.1. The third-order valence-corrected chi connectivity index (χ3v) is 2.94. The highest BCUT2D eigenvalue weighted by Crippen LogP contribution is 2.22. The summed E-state index contributed by atoms with van der Waals surface area (Å²) in [6, 6.07) is 4.75. The summed E-state index contributed by atoms with van der Waals surface area (Å²) in [5.74, 6) is 0. The van der Waals surface area contributed by atoms with Gasteiger partial charge in [0.1, 0.15) is 0 Å². The molecule has 3 nitrogen and oxygen atoms in total. The molecule has 0 amide bonds. The lowest BCUT2D eigenvalue weighted by atomic mass is 10.1. The maximum absolute atomic E-state index is 4.05. The highest BCUT2D eigenvalue weighted by Gasteiger charge is 2.23. The quantitative estimate of drug-likeness (QED) is 0.660. The number of aromatic nitrogens is 1. The smallest absolute Gasteiger partial charge is 0.0473 e. The second-order valence-corrected chi connectivity index (χ2v) is 4.04. The fraction of sp³-hybridized carbons (Fsp3) is 0.545. The zero-order valence-electron chi connectivity index (χ0n) is 8.85. The molecule has 76 valence electrons. The third-order valence-electron chi connectivity index (χ3n) is 2.94. The largest absolute Gasteiger partial charge is 0.303 e. The second kappa shape index (κ2) is 4.07. The van der Waals surface area contributed by atoms with Gasteiger partial charge < -0.3 is 4.90 Å². The number of piperazine rings is 1. The average Bonchev–Trinajstić information content (AvgIpc) is 2.23. The van der Waals surface area contributed by atoms with Crippen LogP contribution in [0, 0.1) is 0 Å². The minimum Gasteiger partial charge on any atom is -0.303 e. The molecular formula is C11H17N3. The number of hydrogen-bond acceptors (Lipinski definition) is 3. The SMILES string of the molecule is CN1CCN(C)C(c2ccncc2)C1. The van der Waals surface area contributed by atoms with E-state index in [0.29, 0.717) is 6.04 Å². The molecule has 1 unspecified atom stereocenters. The lowest BCUT2D eigenvalue weighted by Gasteiger charge is -2.37.